The van der Waals surface area contributed by atoms with Crippen molar-refractivity contribution in [2.24, 2.45) is 4.99 Å². The first-order chi connectivity index (χ1) is 5.22. The summed E-state index contributed by atoms with van der Waals surface area (Å²) in [5, 5.41) is 17.7. The quantitative estimate of drug-likeness (QED) is 0.465. The molecule has 0 spiro atoms. The Kier molecular flexibility index (Phi) is 1.90. The summed E-state index contributed by atoms with van der Waals surface area (Å²) in [4.78, 5) is 12.9. The average Bonchev–Trinajstić information content (AvgIpc) is 1.85. The third-order valence-corrected chi connectivity index (χ3v) is 1.06. The van der Waals surface area contributed by atoms with Crippen molar-refractivity contribution in [2.45, 2.75) is 0 Å². The van der Waals surface area contributed by atoms with Gasteiger partial charge in [-0.05, 0) is 0 Å². The Morgan fingerprint density at radius 1 is 1.18 bits per heavy atom. The van der Waals surface area contributed by atoms with Gasteiger partial charge in [-0.1, -0.05) is 0 Å². The van der Waals surface area contributed by atoms with Gasteiger partial charge in [-0.15, -0.1) is 0 Å². The molecule has 0 aliphatic heterocycles. The predicted molar refractivity (Wildman–Crippen MR) is 37.6 cm³/mol. The van der Waals surface area contributed by atoms with Gasteiger partial charge in [0.25, 0.3) is 0 Å². The molecular formula is C7H5NO3. The van der Waals surface area contributed by atoms with Crippen LogP contribution in [0.5, 0.6) is 11.5 Å². The molecular weight excluding hydrogens is 146 g/mol. The predicted octanol–water partition coefficient (Wildman–Crippen LogP) is 1.07. The molecule has 0 aromatic heterocycles. The van der Waals surface area contributed by atoms with Gasteiger partial charge in [0.1, 0.15) is 11.5 Å². The van der Waals surface area contributed by atoms with E-state index in [0.717, 1.165) is 6.07 Å². The summed E-state index contributed by atoms with van der Waals surface area (Å²) >= 11 is 0. The standard InChI is InChI=1S/C7H5NO3/c9-4-8-5-1-6(10)3-7(11)2-5/h1-3,10-11H. The monoisotopic (exact) mass is 151 g/mol. The Hall–Kier alpha value is -1.80. The van der Waals surface area contributed by atoms with Gasteiger partial charge in [-0.3, -0.25) is 0 Å². The van der Waals surface area contributed by atoms with E-state index in [0.29, 0.717) is 0 Å². The molecule has 0 bridgehead atoms. The van der Waals surface area contributed by atoms with Crippen molar-refractivity contribution >= 4 is 11.8 Å². The Balaban J connectivity index is 3.18. The molecule has 0 saturated carbocycles. The molecule has 11 heavy (non-hydrogen) atoms. The van der Waals surface area contributed by atoms with E-state index in [1.807, 2.05) is 0 Å². The SMILES string of the molecule is O=C=Nc1cc(O)cc(O)c1. The summed E-state index contributed by atoms with van der Waals surface area (Å²) in [5.74, 6) is -0.280. The molecule has 4 heteroatoms. The zero-order chi connectivity index (χ0) is 8.27. The van der Waals surface area contributed by atoms with Crippen LogP contribution in [0.3, 0.4) is 0 Å². The van der Waals surface area contributed by atoms with E-state index >= 15 is 0 Å². The van der Waals surface area contributed by atoms with Crippen LogP contribution in [0.25, 0.3) is 0 Å². The first kappa shape index (κ1) is 7.31. The molecule has 4 nitrogen and oxygen atoms in total. The van der Waals surface area contributed by atoms with Crippen molar-refractivity contribution in [3.05, 3.63) is 18.2 Å². The van der Waals surface area contributed by atoms with Crippen LogP contribution >= 0.6 is 0 Å². The van der Waals surface area contributed by atoms with Crippen LogP contribution in [0.4, 0.5) is 5.69 Å². The fourth-order valence-electron chi connectivity index (χ4n) is 0.697. The van der Waals surface area contributed by atoms with Crippen LogP contribution < -0.4 is 0 Å². The van der Waals surface area contributed by atoms with E-state index < -0.39 is 0 Å². The number of aliphatic imine (C=N–C) groups is 1. The molecule has 1 aromatic rings. The van der Waals surface area contributed by atoms with Crippen LogP contribution in [0.15, 0.2) is 23.2 Å². The van der Waals surface area contributed by atoms with Crippen LogP contribution in [0, 0.1) is 0 Å². The van der Waals surface area contributed by atoms with Gasteiger partial charge in [0, 0.05) is 18.2 Å². The summed E-state index contributed by atoms with van der Waals surface area (Å²) in [6.07, 6.45) is 1.29. The molecule has 0 fully saturated rings. The van der Waals surface area contributed by atoms with E-state index in [4.69, 9.17) is 10.2 Å². The molecule has 0 unspecified atom stereocenters. The number of isocyanates is 1. The van der Waals surface area contributed by atoms with Crippen LogP contribution in [-0.4, -0.2) is 16.3 Å². The van der Waals surface area contributed by atoms with E-state index in [1.165, 1.54) is 18.2 Å². The van der Waals surface area contributed by atoms with Crippen molar-refractivity contribution in [2.75, 3.05) is 0 Å². The number of carbonyl (C=O) groups excluding carboxylic acids is 1. The van der Waals surface area contributed by atoms with Crippen LogP contribution in [0.2, 0.25) is 0 Å². The molecule has 0 aliphatic carbocycles. The highest BCUT2D eigenvalue weighted by atomic mass is 16.3. The normalized spacial score (nSPS) is 8.73. The second kappa shape index (κ2) is 2.86. The number of phenolic OH excluding ortho intramolecular Hbond substituents is 2. The molecule has 0 heterocycles. The molecule has 0 aliphatic rings. The van der Waals surface area contributed by atoms with E-state index in [9.17, 15) is 4.79 Å². The largest absolute Gasteiger partial charge is 0.508 e. The summed E-state index contributed by atoms with van der Waals surface area (Å²) in [5.41, 5.74) is 0.178. The van der Waals surface area contributed by atoms with Gasteiger partial charge in [0.05, 0.1) is 5.69 Å². The Bertz CT molecular complexity index is 295. The Labute approximate surface area is 62.4 Å². The average molecular weight is 151 g/mol. The molecule has 0 atom stereocenters. The zero-order valence-electron chi connectivity index (χ0n) is 5.48. The topological polar surface area (TPSA) is 69.9 Å². The first-order valence-corrected chi connectivity index (χ1v) is 2.83. The number of phenols is 2. The second-order valence-electron chi connectivity index (χ2n) is 1.91. The van der Waals surface area contributed by atoms with Gasteiger partial charge < -0.3 is 10.2 Å². The zero-order valence-corrected chi connectivity index (χ0v) is 5.48. The lowest BCUT2D eigenvalue weighted by atomic mass is 10.3. The lowest BCUT2D eigenvalue weighted by Gasteiger charge is -1.94. The third-order valence-electron chi connectivity index (χ3n) is 1.06. The van der Waals surface area contributed by atoms with E-state index in [-0.39, 0.29) is 17.2 Å². The maximum absolute atomic E-state index is 9.74. The van der Waals surface area contributed by atoms with Crippen molar-refractivity contribution < 1.29 is 15.0 Å². The minimum atomic E-state index is -0.140. The molecule has 1 rings (SSSR count). The minimum absolute atomic E-state index is 0.140. The minimum Gasteiger partial charge on any atom is -0.508 e. The Morgan fingerprint density at radius 2 is 1.73 bits per heavy atom. The highest BCUT2D eigenvalue weighted by Crippen LogP contribution is 2.25. The number of nitrogens with zero attached hydrogens (tertiary/aromatic N) is 1. The van der Waals surface area contributed by atoms with Crippen molar-refractivity contribution in [3.8, 4) is 11.5 Å². The highest BCUT2D eigenvalue weighted by molar-refractivity contribution is 5.54. The lowest BCUT2D eigenvalue weighted by molar-refractivity contribution is 0.451. The van der Waals surface area contributed by atoms with Gasteiger partial charge in [-0.25, -0.2) is 4.79 Å². The van der Waals surface area contributed by atoms with Crippen LogP contribution in [-0.2, 0) is 4.79 Å². The van der Waals surface area contributed by atoms with E-state index in [2.05, 4.69) is 4.99 Å². The van der Waals surface area contributed by atoms with E-state index in [1.54, 1.807) is 0 Å². The van der Waals surface area contributed by atoms with Crippen molar-refractivity contribution in [1.29, 1.82) is 0 Å². The third kappa shape index (κ3) is 1.81. The van der Waals surface area contributed by atoms with Crippen molar-refractivity contribution in [1.82, 2.24) is 0 Å². The Morgan fingerprint density at radius 3 is 2.18 bits per heavy atom. The maximum Gasteiger partial charge on any atom is 0.240 e. The van der Waals surface area contributed by atoms with Gasteiger partial charge in [-0.2, -0.15) is 4.99 Å². The summed E-state index contributed by atoms with van der Waals surface area (Å²) < 4.78 is 0. The second-order valence-corrected chi connectivity index (χ2v) is 1.91. The molecule has 0 radical (unpaired) electrons. The van der Waals surface area contributed by atoms with Crippen molar-refractivity contribution in [3.63, 3.8) is 0 Å². The molecule has 0 amide bonds. The molecule has 56 valence electrons. The number of hydrogen-bond acceptors (Lipinski definition) is 4. The summed E-state index contributed by atoms with van der Waals surface area (Å²) in [6.45, 7) is 0. The smallest absolute Gasteiger partial charge is 0.240 e. The maximum atomic E-state index is 9.74. The summed E-state index contributed by atoms with van der Waals surface area (Å²) in [6, 6.07) is 3.62. The molecule has 0 saturated heterocycles. The number of aromatic hydroxyl groups is 2. The number of hydrogen-bond donors (Lipinski definition) is 2. The fourth-order valence-corrected chi connectivity index (χ4v) is 0.697. The van der Waals surface area contributed by atoms with Crippen LogP contribution in [0.1, 0.15) is 0 Å². The van der Waals surface area contributed by atoms with Gasteiger partial charge >= 0.3 is 0 Å². The highest BCUT2D eigenvalue weighted by Gasteiger charge is 1.95. The lowest BCUT2D eigenvalue weighted by Crippen LogP contribution is -1.67. The fraction of sp³-hybridized carbons (Fsp3) is 0. The number of rotatable bonds is 1. The molecule has 1 aromatic carbocycles. The molecule has 2 N–H and O–H groups in total. The van der Waals surface area contributed by atoms with Gasteiger partial charge in [0.2, 0.25) is 6.08 Å². The summed E-state index contributed by atoms with van der Waals surface area (Å²) in [7, 11) is 0. The number of benzene rings is 1. The van der Waals surface area contributed by atoms with Gasteiger partial charge in [0.15, 0.2) is 0 Å². The first-order valence-electron chi connectivity index (χ1n) is 2.83.